The van der Waals surface area contributed by atoms with Gasteiger partial charge in [0.1, 0.15) is 5.75 Å². The van der Waals surface area contributed by atoms with Crippen molar-refractivity contribution in [2.45, 2.75) is 38.8 Å². The Kier molecular flexibility index (Phi) is 5.58. The molecule has 1 amide bonds. The third-order valence-electron chi connectivity index (χ3n) is 4.97. The van der Waals surface area contributed by atoms with Crippen LogP contribution in [0.15, 0.2) is 48.8 Å². The SMILES string of the molecule is CCOc1ccc2ccccc2c1C(=O)Nc1cnn(C[C@H]2CCCCO2)c1. The highest BCUT2D eigenvalue weighted by Crippen LogP contribution is 2.29. The van der Waals surface area contributed by atoms with E-state index in [-0.39, 0.29) is 12.0 Å². The second-order valence-corrected chi connectivity index (χ2v) is 6.99. The second kappa shape index (κ2) is 8.44. The summed E-state index contributed by atoms with van der Waals surface area (Å²) in [5, 5.41) is 9.20. The largest absolute Gasteiger partial charge is 0.493 e. The number of anilines is 1. The highest BCUT2D eigenvalue weighted by atomic mass is 16.5. The van der Waals surface area contributed by atoms with Crippen molar-refractivity contribution in [3.63, 3.8) is 0 Å². The Hall–Kier alpha value is -2.86. The van der Waals surface area contributed by atoms with Crippen molar-refractivity contribution in [2.24, 2.45) is 0 Å². The summed E-state index contributed by atoms with van der Waals surface area (Å²) in [5.41, 5.74) is 1.21. The van der Waals surface area contributed by atoms with Crippen LogP contribution in [0.2, 0.25) is 0 Å². The van der Waals surface area contributed by atoms with Gasteiger partial charge < -0.3 is 14.8 Å². The number of carbonyl (C=O) groups is 1. The van der Waals surface area contributed by atoms with E-state index in [2.05, 4.69) is 10.4 Å². The lowest BCUT2D eigenvalue weighted by atomic mass is 10.0. The number of carbonyl (C=O) groups excluding carboxylic acids is 1. The number of aromatic nitrogens is 2. The minimum absolute atomic E-state index is 0.194. The molecule has 1 aliphatic rings. The molecule has 4 rings (SSSR count). The number of ether oxygens (including phenoxy) is 2. The van der Waals surface area contributed by atoms with Gasteiger partial charge in [-0.25, -0.2) is 0 Å². The van der Waals surface area contributed by atoms with Crippen LogP contribution in [0, 0.1) is 0 Å². The molecular weight excluding hydrogens is 354 g/mol. The Balaban J connectivity index is 1.54. The Morgan fingerprint density at radius 3 is 3.00 bits per heavy atom. The molecule has 1 saturated heterocycles. The number of fused-ring (bicyclic) bond motifs is 1. The summed E-state index contributed by atoms with van der Waals surface area (Å²) in [6, 6.07) is 11.6. The van der Waals surface area contributed by atoms with Crippen LogP contribution in [0.5, 0.6) is 5.75 Å². The van der Waals surface area contributed by atoms with Crippen LogP contribution < -0.4 is 10.1 Å². The van der Waals surface area contributed by atoms with E-state index in [0.717, 1.165) is 30.2 Å². The van der Waals surface area contributed by atoms with Gasteiger partial charge in [-0.2, -0.15) is 5.10 Å². The summed E-state index contributed by atoms with van der Waals surface area (Å²) in [4.78, 5) is 13.1. The topological polar surface area (TPSA) is 65.4 Å². The average molecular weight is 379 g/mol. The number of nitrogens with one attached hydrogen (secondary N) is 1. The molecule has 1 aliphatic heterocycles. The van der Waals surface area contributed by atoms with Gasteiger partial charge in [0.2, 0.25) is 0 Å². The van der Waals surface area contributed by atoms with Crippen LogP contribution >= 0.6 is 0 Å². The normalized spacial score (nSPS) is 16.8. The lowest BCUT2D eigenvalue weighted by Gasteiger charge is -2.22. The summed E-state index contributed by atoms with van der Waals surface area (Å²) in [6.45, 7) is 3.93. The third-order valence-corrected chi connectivity index (χ3v) is 4.97. The number of hydrogen-bond donors (Lipinski definition) is 1. The molecule has 0 aliphatic carbocycles. The van der Waals surface area contributed by atoms with Crippen LogP contribution in [0.4, 0.5) is 5.69 Å². The summed E-state index contributed by atoms with van der Waals surface area (Å²) < 4.78 is 13.3. The standard InChI is InChI=1S/C22H25N3O3/c1-2-27-20-11-10-16-7-3-4-9-19(16)21(20)22(26)24-17-13-23-25(14-17)15-18-8-5-6-12-28-18/h3-4,7,9-11,13-14,18H,2,5-6,8,12,15H2,1H3,(H,24,26)/t18-/m1/s1. The van der Waals surface area contributed by atoms with Gasteiger partial charge in [0.05, 0.1) is 36.7 Å². The minimum atomic E-state index is -0.200. The fourth-order valence-corrected chi connectivity index (χ4v) is 3.64. The van der Waals surface area contributed by atoms with Gasteiger partial charge >= 0.3 is 0 Å². The zero-order valence-corrected chi connectivity index (χ0v) is 16.1. The van der Waals surface area contributed by atoms with E-state index in [1.165, 1.54) is 6.42 Å². The average Bonchev–Trinajstić information content (AvgIpc) is 3.15. The molecule has 0 saturated carbocycles. The van der Waals surface area contributed by atoms with Gasteiger partial charge in [0.25, 0.3) is 5.91 Å². The third kappa shape index (κ3) is 4.02. The molecule has 0 unspecified atom stereocenters. The summed E-state index contributed by atoms with van der Waals surface area (Å²) in [5.74, 6) is 0.385. The number of benzene rings is 2. The van der Waals surface area contributed by atoms with Gasteiger partial charge in [0.15, 0.2) is 0 Å². The van der Waals surface area contributed by atoms with Crippen molar-refractivity contribution >= 4 is 22.4 Å². The van der Waals surface area contributed by atoms with Crippen molar-refractivity contribution in [1.82, 2.24) is 9.78 Å². The molecule has 1 N–H and O–H groups in total. The molecule has 28 heavy (non-hydrogen) atoms. The number of nitrogens with zero attached hydrogens (tertiary/aromatic N) is 2. The molecule has 2 aromatic carbocycles. The molecule has 2 heterocycles. The first kappa shape index (κ1) is 18.5. The monoisotopic (exact) mass is 379 g/mol. The molecule has 0 bridgehead atoms. The first-order valence-electron chi connectivity index (χ1n) is 9.84. The first-order chi connectivity index (χ1) is 13.7. The predicted molar refractivity (Wildman–Crippen MR) is 109 cm³/mol. The molecule has 146 valence electrons. The van der Waals surface area contributed by atoms with Crippen molar-refractivity contribution < 1.29 is 14.3 Å². The van der Waals surface area contributed by atoms with Crippen molar-refractivity contribution in [1.29, 1.82) is 0 Å². The Labute approximate surface area is 164 Å². The highest BCUT2D eigenvalue weighted by molar-refractivity contribution is 6.14. The Bertz CT molecular complexity index is 961. The molecule has 0 spiro atoms. The molecule has 1 aromatic heterocycles. The second-order valence-electron chi connectivity index (χ2n) is 6.99. The van der Waals surface area contributed by atoms with Gasteiger partial charge in [-0.15, -0.1) is 0 Å². The van der Waals surface area contributed by atoms with Gasteiger partial charge in [-0.1, -0.05) is 30.3 Å². The van der Waals surface area contributed by atoms with E-state index < -0.39 is 0 Å². The zero-order valence-electron chi connectivity index (χ0n) is 16.1. The maximum atomic E-state index is 13.1. The van der Waals surface area contributed by atoms with E-state index in [1.54, 1.807) is 6.20 Å². The molecule has 1 fully saturated rings. The van der Waals surface area contributed by atoms with Gasteiger partial charge in [0, 0.05) is 12.8 Å². The number of hydrogen-bond acceptors (Lipinski definition) is 4. The van der Waals surface area contributed by atoms with Gasteiger partial charge in [-0.3, -0.25) is 9.48 Å². The van der Waals surface area contributed by atoms with E-state index >= 15 is 0 Å². The Morgan fingerprint density at radius 2 is 2.18 bits per heavy atom. The summed E-state index contributed by atoms with van der Waals surface area (Å²) in [6.07, 6.45) is 7.09. The Morgan fingerprint density at radius 1 is 1.29 bits per heavy atom. The lowest BCUT2D eigenvalue weighted by molar-refractivity contribution is 0.00400. The van der Waals surface area contributed by atoms with Gasteiger partial charge in [-0.05, 0) is 43.0 Å². The molecule has 1 atom stereocenters. The fourth-order valence-electron chi connectivity index (χ4n) is 3.64. The molecule has 3 aromatic rings. The summed E-state index contributed by atoms with van der Waals surface area (Å²) >= 11 is 0. The van der Waals surface area contributed by atoms with Crippen LogP contribution in [0.25, 0.3) is 10.8 Å². The molecular formula is C22H25N3O3. The predicted octanol–water partition coefficient (Wildman–Crippen LogP) is 4.26. The molecule has 6 nitrogen and oxygen atoms in total. The highest BCUT2D eigenvalue weighted by Gasteiger charge is 2.18. The first-order valence-corrected chi connectivity index (χ1v) is 9.84. The quantitative estimate of drug-likeness (QED) is 0.695. The molecule has 6 heteroatoms. The van der Waals surface area contributed by atoms with E-state index in [4.69, 9.17) is 9.47 Å². The maximum Gasteiger partial charge on any atom is 0.260 e. The van der Waals surface area contributed by atoms with Crippen molar-refractivity contribution in [3.8, 4) is 5.75 Å². The zero-order chi connectivity index (χ0) is 19.3. The maximum absolute atomic E-state index is 13.1. The van der Waals surface area contributed by atoms with Crippen LogP contribution in [0.1, 0.15) is 36.5 Å². The summed E-state index contributed by atoms with van der Waals surface area (Å²) in [7, 11) is 0. The minimum Gasteiger partial charge on any atom is -0.493 e. The number of amides is 1. The fraction of sp³-hybridized carbons (Fsp3) is 0.364. The van der Waals surface area contributed by atoms with Crippen LogP contribution in [0.3, 0.4) is 0 Å². The van der Waals surface area contributed by atoms with Crippen molar-refractivity contribution in [3.05, 3.63) is 54.4 Å². The lowest BCUT2D eigenvalue weighted by Crippen LogP contribution is -2.24. The number of rotatable bonds is 6. The smallest absolute Gasteiger partial charge is 0.260 e. The van der Waals surface area contributed by atoms with Crippen molar-refractivity contribution in [2.75, 3.05) is 18.5 Å². The van der Waals surface area contributed by atoms with E-state index in [9.17, 15) is 4.79 Å². The molecule has 0 radical (unpaired) electrons. The van der Waals surface area contributed by atoms with E-state index in [1.807, 2.05) is 54.2 Å². The van der Waals surface area contributed by atoms with Crippen LogP contribution in [-0.4, -0.2) is 35.0 Å². The van der Waals surface area contributed by atoms with Crippen LogP contribution in [-0.2, 0) is 11.3 Å². The van der Waals surface area contributed by atoms with E-state index in [0.29, 0.717) is 30.2 Å².